The van der Waals surface area contributed by atoms with Crippen LogP contribution in [0.25, 0.3) is 0 Å². The minimum Gasteiger partial charge on any atom is -0.444 e. The average molecular weight is 359 g/mol. The molecule has 0 aliphatic rings. The minimum atomic E-state index is -4.43. The number of carbonyl (C=O) groups is 2. The number of amides is 1. The van der Waals surface area contributed by atoms with Gasteiger partial charge in [0, 0.05) is 18.0 Å². The van der Waals surface area contributed by atoms with Gasteiger partial charge in [-0.2, -0.15) is 13.2 Å². The molecule has 1 aromatic rings. The molecule has 1 atom stereocenters. The topological polar surface area (TPSA) is 55.4 Å². The Morgan fingerprint density at radius 2 is 1.80 bits per heavy atom. The van der Waals surface area contributed by atoms with E-state index in [1.54, 1.807) is 27.7 Å². The van der Waals surface area contributed by atoms with Crippen molar-refractivity contribution >= 4 is 11.9 Å². The van der Waals surface area contributed by atoms with Gasteiger partial charge in [-0.3, -0.25) is 4.79 Å². The Morgan fingerprint density at radius 3 is 2.28 bits per heavy atom. The van der Waals surface area contributed by atoms with Crippen LogP contribution in [-0.4, -0.2) is 23.5 Å². The van der Waals surface area contributed by atoms with E-state index in [0.29, 0.717) is 6.42 Å². The first-order chi connectivity index (χ1) is 11.3. The smallest absolute Gasteiger partial charge is 0.416 e. The van der Waals surface area contributed by atoms with Crippen molar-refractivity contribution in [2.45, 2.75) is 65.3 Å². The van der Waals surface area contributed by atoms with Gasteiger partial charge in [0.1, 0.15) is 5.60 Å². The van der Waals surface area contributed by atoms with Gasteiger partial charge in [0.15, 0.2) is 5.78 Å². The number of ether oxygens (including phenoxy) is 1. The summed E-state index contributed by atoms with van der Waals surface area (Å²) in [5.41, 5.74) is -0.844. The van der Waals surface area contributed by atoms with Crippen LogP contribution in [0.3, 0.4) is 0 Å². The molecule has 0 saturated heterocycles. The van der Waals surface area contributed by atoms with Gasteiger partial charge in [0.05, 0.1) is 5.56 Å². The molecule has 140 valence electrons. The molecule has 0 aliphatic heterocycles. The van der Waals surface area contributed by atoms with Gasteiger partial charge in [-0.25, -0.2) is 4.79 Å². The van der Waals surface area contributed by atoms with Crippen LogP contribution in [0.5, 0.6) is 0 Å². The summed E-state index contributed by atoms with van der Waals surface area (Å²) in [5.74, 6) is -0.260. The zero-order chi connectivity index (χ0) is 19.4. The molecule has 7 heteroatoms. The predicted molar refractivity (Wildman–Crippen MR) is 88.6 cm³/mol. The van der Waals surface area contributed by atoms with Gasteiger partial charge in [-0.1, -0.05) is 6.07 Å². The summed E-state index contributed by atoms with van der Waals surface area (Å²) < 4.78 is 43.1. The number of halogens is 3. The van der Waals surface area contributed by atoms with Gasteiger partial charge >= 0.3 is 12.3 Å². The van der Waals surface area contributed by atoms with Gasteiger partial charge < -0.3 is 10.1 Å². The second-order valence-corrected chi connectivity index (χ2v) is 7.04. The Kier molecular flexibility index (Phi) is 6.62. The number of hydrogen-bond acceptors (Lipinski definition) is 3. The molecule has 1 rings (SSSR count). The van der Waals surface area contributed by atoms with Gasteiger partial charge in [0.25, 0.3) is 0 Å². The Balaban J connectivity index is 2.61. The highest BCUT2D eigenvalue weighted by Crippen LogP contribution is 2.30. The fourth-order valence-electron chi connectivity index (χ4n) is 2.22. The van der Waals surface area contributed by atoms with Crippen LogP contribution in [0.1, 0.15) is 62.0 Å². The molecule has 0 fully saturated rings. The number of nitrogens with one attached hydrogen (secondary N) is 1. The fraction of sp³-hybridized carbons (Fsp3) is 0.556. The Labute approximate surface area is 145 Å². The van der Waals surface area contributed by atoms with Crippen molar-refractivity contribution in [1.82, 2.24) is 5.32 Å². The van der Waals surface area contributed by atoms with Crippen LogP contribution in [0.2, 0.25) is 0 Å². The maximum Gasteiger partial charge on any atom is 0.416 e. The van der Waals surface area contributed by atoms with Crippen molar-refractivity contribution in [2.75, 3.05) is 0 Å². The quantitative estimate of drug-likeness (QED) is 0.762. The summed E-state index contributed by atoms with van der Waals surface area (Å²) in [6, 6.07) is 2.78. The number of alkyl halides is 3. The summed E-state index contributed by atoms with van der Waals surface area (Å²) in [6.45, 7) is 8.44. The number of hydrogen-bond donors (Lipinski definition) is 1. The number of carbonyl (C=O) groups excluding carboxylic acids is 2. The zero-order valence-electron chi connectivity index (χ0n) is 15.1. The molecule has 4 nitrogen and oxygen atoms in total. The number of alkyl carbamates (subject to hydrolysis) is 1. The Hall–Kier alpha value is -2.05. The number of Topliss-reactive ketones (excluding diaryl/α,β-unsaturated/α-hetero) is 1. The average Bonchev–Trinajstić information content (AvgIpc) is 2.41. The lowest BCUT2D eigenvalue weighted by Crippen LogP contribution is -2.37. The van der Waals surface area contributed by atoms with E-state index in [1.165, 1.54) is 13.0 Å². The third-order valence-corrected chi connectivity index (χ3v) is 3.42. The van der Waals surface area contributed by atoms with E-state index >= 15 is 0 Å². The van der Waals surface area contributed by atoms with E-state index in [1.807, 2.05) is 0 Å². The molecule has 1 aromatic carbocycles. The van der Waals surface area contributed by atoms with E-state index in [2.05, 4.69) is 5.32 Å². The predicted octanol–water partition coefficient (Wildman–Crippen LogP) is 4.89. The van der Waals surface area contributed by atoms with Crippen LogP contribution < -0.4 is 5.32 Å². The maximum absolute atomic E-state index is 12.7. The highest BCUT2D eigenvalue weighted by Gasteiger charge is 2.31. The van der Waals surface area contributed by atoms with E-state index < -0.39 is 23.4 Å². The van der Waals surface area contributed by atoms with E-state index in [9.17, 15) is 22.8 Å². The first-order valence-electron chi connectivity index (χ1n) is 8.00. The molecule has 0 radical (unpaired) electrons. The van der Waals surface area contributed by atoms with E-state index in [4.69, 9.17) is 4.74 Å². The third kappa shape index (κ3) is 7.15. The maximum atomic E-state index is 12.7. The molecule has 1 amide bonds. The first kappa shape index (κ1) is 21.0. The largest absolute Gasteiger partial charge is 0.444 e. The van der Waals surface area contributed by atoms with Crippen LogP contribution in [0, 0.1) is 6.92 Å². The lowest BCUT2D eigenvalue weighted by molar-refractivity contribution is -0.137. The fourth-order valence-corrected chi connectivity index (χ4v) is 2.22. The number of aryl methyl sites for hydroxylation is 1. The van der Waals surface area contributed by atoms with Gasteiger partial charge in [-0.15, -0.1) is 0 Å². The van der Waals surface area contributed by atoms with Crippen LogP contribution >= 0.6 is 0 Å². The molecular weight excluding hydrogens is 335 g/mol. The normalized spacial score (nSPS) is 13.3. The molecule has 0 bridgehead atoms. The summed E-state index contributed by atoms with van der Waals surface area (Å²) in [7, 11) is 0. The SMILES string of the molecule is Cc1cc(C(F)(F)F)ccc1C(=O)CCC(C)NC(=O)OC(C)(C)C. The monoisotopic (exact) mass is 359 g/mol. The van der Waals surface area contributed by atoms with Crippen molar-refractivity contribution in [2.24, 2.45) is 0 Å². The molecule has 25 heavy (non-hydrogen) atoms. The standard InChI is InChI=1S/C18H24F3NO3/c1-11-10-13(18(19,20)21)7-8-14(11)15(23)9-6-12(2)22-16(24)25-17(3,4)5/h7-8,10,12H,6,9H2,1-5H3,(H,22,24). The molecule has 0 aliphatic carbocycles. The van der Waals surface area contributed by atoms with Crippen LogP contribution in [-0.2, 0) is 10.9 Å². The molecule has 0 heterocycles. The summed E-state index contributed by atoms with van der Waals surface area (Å²) in [6.07, 6.45) is -4.53. The number of benzene rings is 1. The molecular formula is C18H24F3NO3. The van der Waals surface area contributed by atoms with Crippen molar-refractivity contribution in [3.05, 3.63) is 34.9 Å². The first-order valence-corrected chi connectivity index (χ1v) is 8.00. The van der Waals surface area contributed by atoms with E-state index in [-0.39, 0.29) is 29.4 Å². The van der Waals surface area contributed by atoms with Crippen molar-refractivity contribution in [1.29, 1.82) is 0 Å². The van der Waals surface area contributed by atoms with E-state index in [0.717, 1.165) is 12.1 Å². The highest BCUT2D eigenvalue weighted by molar-refractivity contribution is 5.97. The third-order valence-electron chi connectivity index (χ3n) is 3.42. The molecule has 0 spiro atoms. The minimum absolute atomic E-state index is 0.114. The summed E-state index contributed by atoms with van der Waals surface area (Å²) in [4.78, 5) is 23.9. The molecule has 1 N–H and O–H groups in total. The lowest BCUT2D eigenvalue weighted by Gasteiger charge is -2.21. The van der Waals surface area contributed by atoms with Crippen molar-refractivity contribution in [3.63, 3.8) is 0 Å². The second-order valence-electron chi connectivity index (χ2n) is 7.04. The Morgan fingerprint density at radius 1 is 1.20 bits per heavy atom. The number of ketones is 1. The highest BCUT2D eigenvalue weighted by atomic mass is 19.4. The second kappa shape index (κ2) is 7.89. The molecule has 1 unspecified atom stereocenters. The number of rotatable bonds is 5. The summed E-state index contributed by atoms with van der Waals surface area (Å²) >= 11 is 0. The molecule has 0 aromatic heterocycles. The van der Waals surface area contributed by atoms with Crippen LogP contribution in [0.4, 0.5) is 18.0 Å². The van der Waals surface area contributed by atoms with Crippen molar-refractivity contribution < 1.29 is 27.5 Å². The van der Waals surface area contributed by atoms with Gasteiger partial charge in [-0.05, 0) is 58.7 Å². The zero-order valence-corrected chi connectivity index (χ0v) is 15.1. The molecule has 0 saturated carbocycles. The Bertz CT molecular complexity index is 633. The van der Waals surface area contributed by atoms with Crippen molar-refractivity contribution in [3.8, 4) is 0 Å². The van der Waals surface area contributed by atoms with Gasteiger partial charge in [0.2, 0.25) is 0 Å². The summed E-state index contributed by atoms with van der Waals surface area (Å²) in [5, 5.41) is 2.62. The lowest BCUT2D eigenvalue weighted by atomic mass is 9.98. The van der Waals surface area contributed by atoms with Crippen LogP contribution in [0.15, 0.2) is 18.2 Å².